The summed E-state index contributed by atoms with van der Waals surface area (Å²) in [5.74, 6) is 0.179. The van der Waals surface area contributed by atoms with Gasteiger partial charge in [-0.05, 0) is 43.9 Å². The fraction of sp³-hybridized carbons (Fsp3) is 0.294. The third kappa shape index (κ3) is 4.12. The highest BCUT2D eigenvalue weighted by atomic mass is 35.5. The number of benzene rings is 2. The average molecular weight is 323 g/mol. The first-order chi connectivity index (χ1) is 10.5. The Morgan fingerprint density at radius 1 is 1.18 bits per heavy atom. The molecule has 0 saturated heterocycles. The lowest BCUT2D eigenvalue weighted by atomic mass is 10.1. The predicted molar refractivity (Wildman–Crippen MR) is 89.3 cm³/mol. The van der Waals surface area contributed by atoms with Crippen molar-refractivity contribution in [2.75, 3.05) is 33.1 Å². The van der Waals surface area contributed by atoms with Crippen LogP contribution < -0.4 is 10.1 Å². The molecule has 0 heterocycles. The topological polar surface area (TPSA) is 24.5 Å². The molecule has 5 heteroatoms. The summed E-state index contributed by atoms with van der Waals surface area (Å²) < 4.78 is 19.0. The van der Waals surface area contributed by atoms with Crippen LogP contribution in [0.15, 0.2) is 42.5 Å². The van der Waals surface area contributed by atoms with Crippen LogP contribution in [0.1, 0.15) is 11.6 Å². The molecule has 2 aromatic rings. The molecule has 0 amide bonds. The summed E-state index contributed by atoms with van der Waals surface area (Å²) in [5.41, 5.74) is 1.58. The summed E-state index contributed by atoms with van der Waals surface area (Å²) in [6.45, 7) is 0.581. The van der Waals surface area contributed by atoms with Gasteiger partial charge in [-0.3, -0.25) is 0 Å². The van der Waals surface area contributed by atoms with Crippen molar-refractivity contribution < 1.29 is 9.13 Å². The van der Waals surface area contributed by atoms with E-state index in [9.17, 15) is 4.39 Å². The number of ether oxygens (including phenoxy) is 1. The molecular weight excluding hydrogens is 303 g/mol. The summed E-state index contributed by atoms with van der Waals surface area (Å²) in [6, 6.07) is 12.6. The number of methoxy groups -OCH3 is 1. The lowest BCUT2D eigenvalue weighted by Crippen LogP contribution is -2.27. The van der Waals surface area contributed by atoms with Gasteiger partial charge in [0.1, 0.15) is 11.6 Å². The van der Waals surface area contributed by atoms with Crippen molar-refractivity contribution >= 4 is 17.3 Å². The first-order valence-electron chi connectivity index (χ1n) is 7.00. The van der Waals surface area contributed by atoms with E-state index in [1.165, 1.54) is 13.2 Å². The molecule has 0 aliphatic heterocycles. The number of hydrogen-bond acceptors (Lipinski definition) is 3. The van der Waals surface area contributed by atoms with Crippen LogP contribution in [0.25, 0.3) is 0 Å². The molecule has 3 nitrogen and oxygen atoms in total. The molecule has 0 aromatic heterocycles. The van der Waals surface area contributed by atoms with Gasteiger partial charge in [-0.15, -0.1) is 0 Å². The van der Waals surface area contributed by atoms with Crippen LogP contribution in [-0.2, 0) is 0 Å². The maximum atomic E-state index is 14.0. The zero-order valence-corrected chi connectivity index (χ0v) is 13.7. The Morgan fingerprint density at radius 3 is 2.41 bits per heavy atom. The zero-order chi connectivity index (χ0) is 16.1. The molecule has 0 radical (unpaired) electrons. The fourth-order valence-corrected chi connectivity index (χ4v) is 2.38. The number of rotatable bonds is 6. The second kappa shape index (κ2) is 7.47. The van der Waals surface area contributed by atoms with Crippen LogP contribution in [0.5, 0.6) is 5.75 Å². The summed E-state index contributed by atoms with van der Waals surface area (Å²) >= 11 is 5.93. The zero-order valence-electron chi connectivity index (χ0n) is 12.9. The second-order valence-electron chi connectivity index (χ2n) is 5.26. The van der Waals surface area contributed by atoms with Crippen molar-refractivity contribution in [3.8, 4) is 5.75 Å². The number of anilines is 1. The van der Waals surface area contributed by atoms with E-state index in [0.29, 0.717) is 23.0 Å². The largest absolute Gasteiger partial charge is 0.497 e. The highest BCUT2D eigenvalue weighted by Gasteiger charge is 2.15. The van der Waals surface area contributed by atoms with E-state index in [-0.39, 0.29) is 11.9 Å². The Balaban J connectivity index is 2.11. The lowest BCUT2D eigenvalue weighted by Gasteiger charge is -2.25. The van der Waals surface area contributed by atoms with Crippen molar-refractivity contribution in [1.82, 2.24) is 4.90 Å². The molecule has 0 fully saturated rings. The van der Waals surface area contributed by atoms with Crippen LogP contribution in [0.2, 0.25) is 5.02 Å². The van der Waals surface area contributed by atoms with Crippen LogP contribution in [0.4, 0.5) is 10.1 Å². The Bertz CT molecular complexity index is 617. The lowest BCUT2D eigenvalue weighted by molar-refractivity contribution is 0.311. The smallest absolute Gasteiger partial charge is 0.149 e. The summed E-state index contributed by atoms with van der Waals surface area (Å²) in [5, 5.41) is 3.86. The highest BCUT2D eigenvalue weighted by Crippen LogP contribution is 2.24. The minimum atomic E-state index is -0.326. The molecule has 0 spiro atoms. The van der Waals surface area contributed by atoms with Gasteiger partial charge in [0.25, 0.3) is 0 Å². The molecule has 1 N–H and O–H groups in total. The normalized spacial score (nSPS) is 12.3. The van der Waals surface area contributed by atoms with Gasteiger partial charge in [-0.25, -0.2) is 4.39 Å². The average Bonchev–Trinajstić information content (AvgIpc) is 2.50. The molecule has 0 bridgehead atoms. The van der Waals surface area contributed by atoms with Crippen LogP contribution in [0.3, 0.4) is 0 Å². The van der Waals surface area contributed by atoms with Crippen LogP contribution >= 0.6 is 11.6 Å². The molecular formula is C17H20ClFN2O. The van der Waals surface area contributed by atoms with Crippen molar-refractivity contribution in [2.45, 2.75) is 6.04 Å². The van der Waals surface area contributed by atoms with Gasteiger partial charge in [-0.1, -0.05) is 23.7 Å². The van der Waals surface area contributed by atoms with Crippen LogP contribution in [-0.4, -0.2) is 32.6 Å². The SMILES string of the molecule is COc1ccc(NCC(c2ccc(Cl)cc2)N(C)C)c(F)c1. The van der Waals surface area contributed by atoms with Gasteiger partial charge in [0.05, 0.1) is 18.8 Å². The highest BCUT2D eigenvalue weighted by molar-refractivity contribution is 6.30. The molecule has 2 aromatic carbocycles. The number of nitrogens with zero attached hydrogens (tertiary/aromatic N) is 1. The van der Waals surface area contributed by atoms with Gasteiger partial charge in [0.2, 0.25) is 0 Å². The monoisotopic (exact) mass is 322 g/mol. The molecule has 1 unspecified atom stereocenters. The molecule has 118 valence electrons. The van der Waals surface area contributed by atoms with E-state index in [1.807, 2.05) is 38.4 Å². The van der Waals surface area contributed by atoms with E-state index in [1.54, 1.807) is 12.1 Å². The van der Waals surface area contributed by atoms with E-state index >= 15 is 0 Å². The van der Waals surface area contributed by atoms with E-state index < -0.39 is 0 Å². The maximum Gasteiger partial charge on any atom is 0.149 e. The summed E-state index contributed by atoms with van der Waals surface area (Å²) in [6.07, 6.45) is 0. The molecule has 1 atom stereocenters. The summed E-state index contributed by atoms with van der Waals surface area (Å²) in [4.78, 5) is 2.08. The van der Waals surface area contributed by atoms with Crippen molar-refractivity contribution in [3.63, 3.8) is 0 Å². The van der Waals surface area contributed by atoms with Crippen molar-refractivity contribution in [1.29, 1.82) is 0 Å². The van der Waals surface area contributed by atoms with Gasteiger partial charge in [-0.2, -0.15) is 0 Å². The standard InChI is InChI=1S/C17H20ClFN2O/c1-21(2)17(12-4-6-13(18)7-5-12)11-20-16-9-8-14(22-3)10-15(16)19/h4-10,17,20H,11H2,1-3H3. The number of nitrogens with one attached hydrogen (secondary N) is 1. The summed E-state index contributed by atoms with van der Waals surface area (Å²) in [7, 11) is 5.50. The van der Waals surface area contributed by atoms with E-state index in [4.69, 9.17) is 16.3 Å². The van der Waals surface area contributed by atoms with Gasteiger partial charge >= 0.3 is 0 Å². The van der Waals surface area contributed by atoms with E-state index in [2.05, 4.69) is 10.2 Å². The quantitative estimate of drug-likeness (QED) is 0.862. The van der Waals surface area contributed by atoms with Crippen molar-refractivity contribution in [2.24, 2.45) is 0 Å². The maximum absolute atomic E-state index is 14.0. The van der Waals surface area contributed by atoms with E-state index in [0.717, 1.165) is 5.56 Å². The Morgan fingerprint density at radius 2 is 1.86 bits per heavy atom. The first kappa shape index (κ1) is 16.6. The van der Waals surface area contributed by atoms with Crippen LogP contribution in [0, 0.1) is 5.82 Å². The number of halogens is 2. The molecule has 2 rings (SSSR count). The van der Waals surface area contributed by atoms with Gasteiger partial charge < -0.3 is 15.0 Å². The fourth-order valence-electron chi connectivity index (χ4n) is 2.26. The molecule has 0 aliphatic carbocycles. The molecule has 0 aliphatic rings. The number of likely N-dealkylation sites (N-methyl/N-ethyl adjacent to an activating group) is 1. The minimum absolute atomic E-state index is 0.110. The third-order valence-corrected chi connectivity index (χ3v) is 3.79. The van der Waals surface area contributed by atoms with Gasteiger partial charge in [0, 0.05) is 17.6 Å². The second-order valence-corrected chi connectivity index (χ2v) is 5.69. The predicted octanol–water partition coefficient (Wildman–Crippen LogP) is 4.20. The first-order valence-corrected chi connectivity index (χ1v) is 7.38. The molecule has 0 saturated carbocycles. The number of hydrogen-bond donors (Lipinski definition) is 1. The Hall–Kier alpha value is -1.78. The third-order valence-electron chi connectivity index (χ3n) is 3.54. The Kier molecular flexibility index (Phi) is 5.63. The van der Waals surface area contributed by atoms with Gasteiger partial charge in [0.15, 0.2) is 0 Å². The Labute approximate surface area is 135 Å². The van der Waals surface area contributed by atoms with Crippen molar-refractivity contribution in [3.05, 3.63) is 58.9 Å². The minimum Gasteiger partial charge on any atom is -0.497 e. The molecule has 22 heavy (non-hydrogen) atoms.